The second-order valence-electron chi connectivity index (χ2n) is 11.3. The molecule has 1 aliphatic carbocycles. The zero-order chi connectivity index (χ0) is 22.7. The number of piperidine rings is 2. The van der Waals surface area contributed by atoms with Crippen LogP contribution in [0, 0.1) is 17.3 Å². The Labute approximate surface area is 201 Å². The second-order valence-corrected chi connectivity index (χ2v) is 11.3. The van der Waals surface area contributed by atoms with Crippen LogP contribution >= 0.6 is 0 Å². The summed E-state index contributed by atoms with van der Waals surface area (Å²) in [6.07, 6.45) is 26.0. The minimum atomic E-state index is -0.103. The lowest BCUT2D eigenvalue weighted by atomic mass is 9.51. The maximum absolute atomic E-state index is 12.2. The monoisotopic (exact) mass is 452 g/mol. The van der Waals surface area contributed by atoms with Gasteiger partial charge in [0.2, 0.25) is 0 Å². The molecule has 0 N–H and O–H groups in total. The zero-order valence-electron chi connectivity index (χ0n) is 20.7. The maximum atomic E-state index is 12.2. The highest BCUT2D eigenvalue weighted by Crippen LogP contribution is 2.58. The molecule has 6 aliphatic rings. The summed E-state index contributed by atoms with van der Waals surface area (Å²) in [6.45, 7) is 7.19. The van der Waals surface area contributed by atoms with Crippen molar-refractivity contribution in [3.05, 3.63) is 36.0 Å². The van der Waals surface area contributed by atoms with E-state index in [1.54, 1.807) is 12.5 Å². The van der Waals surface area contributed by atoms with Crippen molar-refractivity contribution in [1.29, 1.82) is 0 Å². The molecule has 5 heterocycles. The van der Waals surface area contributed by atoms with E-state index in [4.69, 9.17) is 4.74 Å². The highest BCUT2D eigenvalue weighted by Gasteiger charge is 2.62. The molecule has 6 rings (SSSR count). The van der Waals surface area contributed by atoms with Gasteiger partial charge in [-0.3, -0.25) is 14.6 Å². The Kier molecular flexibility index (Phi) is 7.42. The Bertz CT molecular complexity index is 786. The van der Waals surface area contributed by atoms with E-state index in [0.717, 1.165) is 32.5 Å². The van der Waals surface area contributed by atoms with Gasteiger partial charge >= 0.3 is 5.97 Å². The molecular formula is C29H44N2O2. The fourth-order valence-electron chi connectivity index (χ4n) is 8.02. The summed E-state index contributed by atoms with van der Waals surface area (Å²) in [4.78, 5) is 17.8. The van der Waals surface area contributed by atoms with Crippen LogP contribution in [0.1, 0.15) is 77.6 Å². The molecule has 2 fully saturated rings. The normalized spacial score (nSPS) is 41.5. The van der Waals surface area contributed by atoms with Gasteiger partial charge in [-0.15, -0.1) is 0 Å². The molecule has 1 spiro atoms. The van der Waals surface area contributed by atoms with E-state index in [0.29, 0.717) is 17.9 Å². The van der Waals surface area contributed by atoms with Crippen molar-refractivity contribution < 1.29 is 9.53 Å². The Morgan fingerprint density at radius 2 is 1.70 bits per heavy atom. The van der Waals surface area contributed by atoms with Gasteiger partial charge in [0.25, 0.3) is 0 Å². The lowest BCUT2D eigenvalue weighted by Crippen LogP contribution is -2.72. The second kappa shape index (κ2) is 10.5. The first-order valence-electron chi connectivity index (χ1n) is 13.8. The van der Waals surface area contributed by atoms with Gasteiger partial charge in [0.15, 0.2) is 0 Å². The van der Waals surface area contributed by atoms with E-state index in [1.165, 1.54) is 70.9 Å². The van der Waals surface area contributed by atoms with Crippen LogP contribution in [0.15, 0.2) is 36.0 Å². The standard InChI is InChI=1S/C29H44N2O2/c1-23(32)33-26-21-30-17-13-9-5-2-3-7-11-15-24-19-25-20-31-18-14-10-6-4-8-12-16-29(22-30,27(25)26)28(24)31/h2,4-5,8,19,25-28H,3,6-7,9-18,20-22H2,1H3. The Morgan fingerprint density at radius 1 is 0.939 bits per heavy atom. The summed E-state index contributed by atoms with van der Waals surface area (Å²) in [5.41, 5.74) is 1.91. The van der Waals surface area contributed by atoms with Gasteiger partial charge in [0.1, 0.15) is 6.10 Å². The van der Waals surface area contributed by atoms with Crippen LogP contribution in [-0.4, -0.2) is 60.6 Å². The maximum Gasteiger partial charge on any atom is 0.302 e. The number of rotatable bonds is 1. The van der Waals surface area contributed by atoms with Gasteiger partial charge in [0, 0.05) is 43.9 Å². The third-order valence-electron chi connectivity index (χ3n) is 9.04. The molecule has 33 heavy (non-hydrogen) atoms. The minimum absolute atomic E-state index is 0.0289. The van der Waals surface area contributed by atoms with Crippen LogP contribution in [-0.2, 0) is 9.53 Å². The van der Waals surface area contributed by atoms with Crippen molar-refractivity contribution >= 4 is 5.97 Å². The van der Waals surface area contributed by atoms with Crippen LogP contribution in [0.4, 0.5) is 0 Å². The average Bonchev–Trinajstić information content (AvgIpc) is 2.81. The summed E-state index contributed by atoms with van der Waals surface area (Å²) >= 11 is 0. The van der Waals surface area contributed by atoms with Crippen molar-refractivity contribution in [2.45, 2.75) is 89.7 Å². The molecule has 0 aromatic heterocycles. The van der Waals surface area contributed by atoms with E-state index in [-0.39, 0.29) is 17.5 Å². The van der Waals surface area contributed by atoms with Crippen LogP contribution in [0.2, 0.25) is 0 Å². The van der Waals surface area contributed by atoms with E-state index < -0.39 is 0 Å². The topological polar surface area (TPSA) is 32.8 Å². The van der Waals surface area contributed by atoms with Crippen molar-refractivity contribution in [2.24, 2.45) is 17.3 Å². The van der Waals surface area contributed by atoms with Gasteiger partial charge in [-0.1, -0.05) is 36.0 Å². The summed E-state index contributed by atoms with van der Waals surface area (Å²) < 4.78 is 6.16. The van der Waals surface area contributed by atoms with Crippen LogP contribution in [0.25, 0.3) is 0 Å². The molecule has 182 valence electrons. The third kappa shape index (κ3) is 4.89. The number of hydrogen-bond acceptors (Lipinski definition) is 4. The average molecular weight is 453 g/mol. The van der Waals surface area contributed by atoms with E-state index in [2.05, 4.69) is 40.2 Å². The Morgan fingerprint density at radius 3 is 2.52 bits per heavy atom. The molecule has 0 saturated carbocycles. The first-order valence-corrected chi connectivity index (χ1v) is 13.8. The predicted octanol–water partition coefficient (Wildman–Crippen LogP) is 5.51. The fourth-order valence-corrected chi connectivity index (χ4v) is 8.02. The molecule has 0 amide bonds. The van der Waals surface area contributed by atoms with Crippen LogP contribution in [0.3, 0.4) is 0 Å². The molecule has 0 radical (unpaired) electrons. The molecule has 0 aromatic carbocycles. The van der Waals surface area contributed by atoms with Gasteiger partial charge < -0.3 is 4.74 Å². The zero-order valence-corrected chi connectivity index (χ0v) is 20.7. The number of ether oxygens (including phenoxy) is 1. The van der Waals surface area contributed by atoms with Gasteiger partial charge in [-0.25, -0.2) is 0 Å². The number of fused-ring (bicyclic) bond motifs is 1. The van der Waals surface area contributed by atoms with E-state index >= 15 is 0 Å². The lowest BCUT2D eigenvalue weighted by molar-refractivity contribution is -0.186. The Balaban J connectivity index is 1.57. The summed E-state index contributed by atoms with van der Waals surface area (Å²) in [5.74, 6) is 0.882. The van der Waals surface area contributed by atoms with E-state index in [1.807, 2.05) is 0 Å². The first-order chi connectivity index (χ1) is 16.2. The summed E-state index contributed by atoms with van der Waals surface area (Å²) in [5, 5.41) is 0. The first kappa shape index (κ1) is 23.4. The summed E-state index contributed by atoms with van der Waals surface area (Å²) in [7, 11) is 0. The highest BCUT2D eigenvalue weighted by molar-refractivity contribution is 5.66. The van der Waals surface area contributed by atoms with Crippen molar-refractivity contribution in [3.63, 3.8) is 0 Å². The van der Waals surface area contributed by atoms with Crippen LogP contribution < -0.4 is 0 Å². The molecule has 4 heteroatoms. The van der Waals surface area contributed by atoms with Crippen molar-refractivity contribution in [3.8, 4) is 0 Å². The molecule has 5 aliphatic heterocycles. The van der Waals surface area contributed by atoms with Crippen LogP contribution in [0.5, 0.6) is 0 Å². The van der Waals surface area contributed by atoms with Gasteiger partial charge in [0.05, 0.1) is 0 Å². The molecule has 7 unspecified atom stereocenters. The SMILES string of the molecule is CC(=O)OC1CN2CCCC=CCCCCC3=CC4CN5CCCCC=CCCC(C2)(C41)C35. The van der Waals surface area contributed by atoms with Gasteiger partial charge in [-0.05, 0) is 89.6 Å². The molecular weight excluding hydrogens is 408 g/mol. The quantitative estimate of drug-likeness (QED) is 0.388. The molecule has 4 nitrogen and oxygen atoms in total. The summed E-state index contributed by atoms with van der Waals surface area (Å²) in [6, 6.07) is 0.526. The largest absolute Gasteiger partial charge is 0.461 e. The molecule has 2 saturated heterocycles. The van der Waals surface area contributed by atoms with Gasteiger partial charge in [-0.2, -0.15) is 0 Å². The number of carbonyl (C=O) groups is 1. The lowest BCUT2D eigenvalue weighted by Gasteiger charge is -2.66. The highest BCUT2D eigenvalue weighted by atomic mass is 16.5. The van der Waals surface area contributed by atoms with Crippen molar-refractivity contribution in [1.82, 2.24) is 9.80 Å². The smallest absolute Gasteiger partial charge is 0.302 e. The third-order valence-corrected chi connectivity index (χ3v) is 9.04. The molecule has 7 atom stereocenters. The number of carbonyl (C=O) groups excluding carboxylic acids is 1. The number of nitrogens with zero attached hydrogens (tertiary/aromatic N) is 2. The molecule has 0 aromatic rings. The number of esters is 1. The Hall–Kier alpha value is -1.39. The fraction of sp³-hybridized carbons (Fsp3) is 0.759. The predicted molar refractivity (Wildman–Crippen MR) is 134 cm³/mol. The molecule has 6 bridgehead atoms. The minimum Gasteiger partial charge on any atom is -0.461 e. The number of hydrogen-bond donors (Lipinski definition) is 0. The van der Waals surface area contributed by atoms with E-state index in [9.17, 15) is 4.79 Å². The number of allylic oxidation sites excluding steroid dienone is 4. The van der Waals surface area contributed by atoms with Crippen molar-refractivity contribution in [2.75, 3.05) is 32.7 Å².